The topological polar surface area (TPSA) is 73.3 Å². The highest BCUT2D eigenvalue weighted by atomic mass is 35.5. The van der Waals surface area contributed by atoms with Gasteiger partial charge in [-0.05, 0) is 6.07 Å². The Labute approximate surface area is 98.5 Å². The van der Waals surface area contributed by atoms with Crippen molar-refractivity contribution in [1.82, 2.24) is 14.4 Å². The molecule has 15 heavy (non-hydrogen) atoms. The zero-order valence-electron chi connectivity index (χ0n) is 7.66. The lowest BCUT2D eigenvalue weighted by Crippen LogP contribution is -2.15. The molecule has 0 aliphatic rings. The molecule has 2 aromatic rings. The summed E-state index contributed by atoms with van der Waals surface area (Å²) in [6.07, 6.45) is 4.84. The molecule has 0 radical (unpaired) electrons. The minimum absolute atomic E-state index is 0. The zero-order chi connectivity index (χ0) is 9.26. The van der Waals surface area contributed by atoms with Gasteiger partial charge in [0, 0.05) is 12.4 Å². The number of hydrogen-bond acceptors (Lipinski definition) is 4. The molecule has 5 nitrogen and oxygen atoms in total. The average Bonchev–Trinajstić information content (AvgIpc) is 2.60. The molecule has 0 fully saturated rings. The summed E-state index contributed by atoms with van der Waals surface area (Å²) in [4.78, 5) is 19.2. The first-order valence-electron chi connectivity index (χ1n) is 3.84. The van der Waals surface area contributed by atoms with E-state index < -0.39 is 0 Å². The number of fused-ring (bicyclic) bond motifs is 1. The molecule has 0 aliphatic carbocycles. The molecule has 2 rings (SSSR count). The van der Waals surface area contributed by atoms with Crippen molar-refractivity contribution < 1.29 is 4.79 Å². The van der Waals surface area contributed by atoms with Gasteiger partial charge in [-0.3, -0.25) is 9.20 Å². The monoisotopic (exact) mass is 248 g/mol. The van der Waals surface area contributed by atoms with Gasteiger partial charge >= 0.3 is 0 Å². The van der Waals surface area contributed by atoms with Crippen LogP contribution < -0.4 is 5.73 Å². The largest absolute Gasteiger partial charge is 0.324 e. The van der Waals surface area contributed by atoms with E-state index in [1.54, 1.807) is 22.9 Å². The first-order valence-corrected chi connectivity index (χ1v) is 3.84. The molecule has 2 aromatic heterocycles. The van der Waals surface area contributed by atoms with Crippen LogP contribution in [0.4, 0.5) is 0 Å². The Kier molecular flexibility index (Phi) is 5.21. The van der Waals surface area contributed by atoms with Crippen LogP contribution in [0.5, 0.6) is 0 Å². The molecule has 0 amide bonds. The molecule has 0 aromatic carbocycles. The number of imidazole rings is 1. The summed E-state index contributed by atoms with van der Waals surface area (Å²) >= 11 is 0. The van der Waals surface area contributed by atoms with Gasteiger partial charge in [0.25, 0.3) is 0 Å². The molecule has 0 atom stereocenters. The van der Waals surface area contributed by atoms with Gasteiger partial charge in [0.2, 0.25) is 5.78 Å². The van der Waals surface area contributed by atoms with Gasteiger partial charge < -0.3 is 5.73 Å². The van der Waals surface area contributed by atoms with E-state index in [-0.39, 0.29) is 37.1 Å². The van der Waals surface area contributed by atoms with Gasteiger partial charge in [0.05, 0.1) is 12.7 Å². The third kappa shape index (κ3) is 2.44. The highest BCUT2D eigenvalue weighted by molar-refractivity contribution is 5.96. The Hall–Kier alpha value is -1.17. The van der Waals surface area contributed by atoms with Crippen LogP contribution in [0.1, 0.15) is 10.5 Å². The third-order valence-corrected chi connectivity index (χ3v) is 1.76. The number of carbonyl (C=O) groups excluding carboxylic acids is 1. The van der Waals surface area contributed by atoms with Crippen LogP contribution in [-0.4, -0.2) is 26.7 Å². The van der Waals surface area contributed by atoms with Crippen LogP contribution in [0.15, 0.2) is 24.7 Å². The van der Waals surface area contributed by atoms with Gasteiger partial charge in [-0.15, -0.1) is 24.8 Å². The van der Waals surface area contributed by atoms with E-state index in [0.717, 1.165) is 0 Å². The summed E-state index contributed by atoms with van der Waals surface area (Å²) in [6.45, 7) is -0.0112. The summed E-state index contributed by atoms with van der Waals surface area (Å²) in [5, 5.41) is 0. The standard InChI is InChI=1S/C8H8N4O.2ClH/c9-4-7(13)6-5-11-8-10-2-1-3-12(6)8;;/h1-3,5H,4,9H2;2*1H. The Morgan fingerprint density at radius 2 is 2.13 bits per heavy atom. The number of rotatable bonds is 2. The Morgan fingerprint density at radius 1 is 1.40 bits per heavy atom. The molecule has 0 bridgehead atoms. The van der Waals surface area contributed by atoms with Gasteiger partial charge in [-0.2, -0.15) is 0 Å². The zero-order valence-corrected chi connectivity index (χ0v) is 9.29. The lowest BCUT2D eigenvalue weighted by atomic mass is 10.3. The maximum Gasteiger partial charge on any atom is 0.234 e. The van der Waals surface area contributed by atoms with Crippen molar-refractivity contribution in [2.24, 2.45) is 5.73 Å². The molecule has 0 saturated carbocycles. The summed E-state index contributed by atoms with van der Waals surface area (Å²) in [6, 6.07) is 1.74. The molecule has 0 spiro atoms. The molecule has 0 unspecified atom stereocenters. The number of nitrogens with zero attached hydrogens (tertiary/aromatic N) is 3. The van der Waals surface area contributed by atoms with Crippen molar-refractivity contribution in [2.45, 2.75) is 0 Å². The first-order chi connectivity index (χ1) is 6.33. The Bertz CT molecular complexity index is 457. The van der Waals surface area contributed by atoms with Gasteiger partial charge in [0.15, 0.2) is 5.78 Å². The molecule has 7 heteroatoms. The number of ketones is 1. The number of Topliss-reactive ketones (excluding diaryl/α,β-unsaturated/α-hetero) is 1. The molecule has 2 heterocycles. The fourth-order valence-corrected chi connectivity index (χ4v) is 1.14. The Morgan fingerprint density at radius 3 is 2.80 bits per heavy atom. The van der Waals surface area contributed by atoms with E-state index in [9.17, 15) is 4.79 Å². The summed E-state index contributed by atoms with van der Waals surface area (Å²) in [7, 11) is 0. The first kappa shape index (κ1) is 13.8. The van der Waals surface area contributed by atoms with Crippen LogP contribution in [0.2, 0.25) is 0 Å². The fraction of sp³-hybridized carbons (Fsp3) is 0.125. The van der Waals surface area contributed by atoms with Crippen molar-refractivity contribution in [3.63, 3.8) is 0 Å². The van der Waals surface area contributed by atoms with Crippen molar-refractivity contribution >= 4 is 36.4 Å². The van der Waals surface area contributed by atoms with Gasteiger partial charge in [-0.1, -0.05) is 0 Å². The minimum Gasteiger partial charge on any atom is -0.324 e. The number of halogens is 2. The number of carbonyl (C=O) groups is 1. The van der Waals surface area contributed by atoms with Crippen molar-refractivity contribution in [1.29, 1.82) is 0 Å². The van der Waals surface area contributed by atoms with E-state index in [2.05, 4.69) is 9.97 Å². The highest BCUT2D eigenvalue weighted by Crippen LogP contribution is 2.03. The predicted molar refractivity (Wildman–Crippen MR) is 60.9 cm³/mol. The van der Waals surface area contributed by atoms with E-state index in [1.807, 2.05) is 0 Å². The fourth-order valence-electron chi connectivity index (χ4n) is 1.14. The molecular formula is C8H10Cl2N4O. The highest BCUT2D eigenvalue weighted by Gasteiger charge is 2.09. The molecule has 0 aliphatic heterocycles. The second-order valence-corrected chi connectivity index (χ2v) is 2.56. The second kappa shape index (κ2) is 5.65. The number of hydrogen-bond donors (Lipinski definition) is 1. The lowest BCUT2D eigenvalue weighted by molar-refractivity contribution is 0.0996. The van der Waals surface area contributed by atoms with Crippen molar-refractivity contribution in [2.75, 3.05) is 6.54 Å². The van der Waals surface area contributed by atoms with Crippen molar-refractivity contribution in [3.05, 3.63) is 30.4 Å². The second-order valence-electron chi connectivity index (χ2n) is 2.56. The maximum absolute atomic E-state index is 11.3. The molecular weight excluding hydrogens is 239 g/mol. The number of nitrogens with two attached hydrogens (primary N) is 1. The van der Waals surface area contributed by atoms with Gasteiger partial charge in [-0.25, -0.2) is 9.97 Å². The molecule has 2 N–H and O–H groups in total. The number of aromatic nitrogens is 3. The minimum atomic E-state index is -0.138. The lowest BCUT2D eigenvalue weighted by Gasteiger charge is -1.96. The van der Waals surface area contributed by atoms with Crippen LogP contribution in [0.25, 0.3) is 5.78 Å². The van der Waals surface area contributed by atoms with E-state index >= 15 is 0 Å². The van der Waals surface area contributed by atoms with E-state index in [4.69, 9.17) is 5.73 Å². The van der Waals surface area contributed by atoms with Crippen LogP contribution in [0.3, 0.4) is 0 Å². The normalized spacial score (nSPS) is 9.13. The molecule has 0 saturated heterocycles. The SMILES string of the molecule is Cl.Cl.NCC(=O)c1cnc2ncccn12. The Balaban J connectivity index is 0.000000980. The molecule has 82 valence electrons. The van der Waals surface area contributed by atoms with Crippen LogP contribution >= 0.6 is 24.8 Å². The smallest absolute Gasteiger partial charge is 0.234 e. The average molecular weight is 249 g/mol. The maximum atomic E-state index is 11.3. The predicted octanol–water partition coefficient (Wildman–Crippen LogP) is 0.714. The van der Waals surface area contributed by atoms with Crippen LogP contribution in [-0.2, 0) is 0 Å². The summed E-state index contributed by atoms with van der Waals surface area (Å²) in [5.41, 5.74) is 5.72. The van der Waals surface area contributed by atoms with E-state index in [1.165, 1.54) is 6.20 Å². The summed E-state index contributed by atoms with van der Waals surface area (Å²) in [5.74, 6) is 0.375. The summed E-state index contributed by atoms with van der Waals surface area (Å²) < 4.78 is 1.62. The van der Waals surface area contributed by atoms with Crippen LogP contribution in [0, 0.1) is 0 Å². The van der Waals surface area contributed by atoms with Gasteiger partial charge in [0.1, 0.15) is 5.69 Å². The third-order valence-electron chi connectivity index (χ3n) is 1.76. The van der Waals surface area contributed by atoms with E-state index in [0.29, 0.717) is 11.5 Å². The van der Waals surface area contributed by atoms with Crippen molar-refractivity contribution in [3.8, 4) is 0 Å². The quantitative estimate of drug-likeness (QED) is 0.795.